The number of thiophene rings is 1. The number of hydrogen-bond acceptors (Lipinski definition) is 6. The fourth-order valence-corrected chi connectivity index (χ4v) is 5.10. The average molecular weight is 394 g/mol. The number of amides is 1. The van der Waals surface area contributed by atoms with Crippen molar-refractivity contribution in [1.82, 2.24) is 10.2 Å². The number of nitrogens with one attached hydrogen (secondary N) is 2. The Balaban J connectivity index is 1.71. The predicted molar refractivity (Wildman–Crippen MR) is 102 cm³/mol. The molecule has 0 saturated heterocycles. The molecule has 0 saturated carbocycles. The Bertz CT molecular complexity index is 883. The summed E-state index contributed by atoms with van der Waals surface area (Å²) in [5.74, 6) is 0.125. The molecule has 2 aliphatic heterocycles. The smallest absolute Gasteiger partial charge is 0.256 e. The molecule has 0 radical (unpaired) electrons. The zero-order valence-electron chi connectivity index (χ0n) is 14.6. The zero-order valence-corrected chi connectivity index (χ0v) is 16.1. The Morgan fingerprint density at radius 1 is 1.42 bits per heavy atom. The highest BCUT2D eigenvalue weighted by Crippen LogP contribution is 2.43. The third-order valence-corrected chi connectivity index (χ3v) is 6.33. The van der Waals surface area contributed by atoms with Gasteiger partial charge in [-0.25, -0.2) is 0 Å². The normalized spacial score (nSPS) is 19.3. The Kier molecular flexibility index (Phi) is 4.46. The Labute approximate surface area is 160 Å². The maximum absolute atomic E-state index is 12.8. The van der Waals surface area contributed by atoms with Crippen molar-refractivity contribution in [3.8, 4) is 11.5 Å². The summed E-state index contributed by atoms with van der Waals surface area (Å²) < 4.78 is 5.17. The number of aromatic hydroxyl groups is 1. The third-order valence-electron chi connectivity index (χ3n) is 4.96. The molecule has 0 bridgehead atoms. The summed E-state index contributed by atoms with van der Waals surface area (Å²) in [7, 11) is 1.47. The Hall–Kier alpha value is -1.96. The quantitative estimate of drug-likeness (QED) is 0.745. The first-order valence-corrected chi connectivity index (χ1v) is 9.72. The van der Waals surface area contributed by atoms with Crippen LogP contribution in [0.3, 0.4) is 0 Å². The minimum Gasteiger partial charge on any atom is -0.504 e. The van der Waals surface area contributed by atoms with Crippen LogP contribution in [0.1, 0.15) is 39.5 Å². The number of hydrogen-bond donors (Lipinski definition) is 3. The van der Waals surface area contributed by atoms with Gasteiger partial charge in [0.05, 0.1) is 12.7 Å². The summed E-state index contributed by atoms with van der Waals surface area (Å²) in [6.45, 7) is 4.99. The van der Waals surface area contributed by atoms with Crippen LogP contribution in [0.4, 0.5) is 5.00 Å². The molecule has 4 rings (SSSR count). The topological polar surface area (TPSA) is 73.8 Å². The number of nitrogens with zero attached hydrogens (tertiary/aromatic N) is 1. The van der Waals surface area contributed by atoms with E-state index in [4.69, 9.17) is 16.3 Å². The van der Waals surface area contributed by atoms with Crippen LogP contribution in [0.5, 0.6) is 11.5 Å². The molecule has 138 valence electrons. The van der Waals surface area contributed by atoms with Gasteiger partial charge in [-0.2, -0.15) is 0 Å². The molecule has 3 N–H and O–H groups in total. The molecule has 1 atom stereocenters. The van der Waals surface area contributed by atoms with Crippen LogP contribution in [0.25, 0.3) is 0 Å². The van der Waals surface area contributed by atoms with Crippen LogP contribution >= 0.6 is 22.9 Å². The lowest BCUT2D eigenvalue weighted by molar-refractivity contribution is 0.0934. The van der Waals surface area contributed by atoms with Gasteiger partial charge in [-0.05, 0) is 24.6 Å². The molecule has 1 aromatic carbocycles. The molecule has 1 amide bonds. The SMILES string of the molecule is CCN1CCc2c(sc3c2C(=O)NC(c2cc(Cl)cc(OC)c2O)N3)C1. The van der Waals surface area contributed by atoms with Crippen molar-refractivity contribution in [3.05, 3.63) is 38.7 Å². The van der Waals surface area contributed by atoms with Gasteiger partial charge in [0.15, 0.2) is 11.5 Å². The molecule has 1 unspecified atom stereocenters. The van der Waals surface area contributed by atoms with E-state index in [1.165, 1.54) is 12.0 Å². The molecule has 0 spiro atoms. The summed E-state index contributed by atoms with van der Waals surface area (Å²) in [5, 5.41) is 18.0. The standard InChI is InChI=1S/C18H20ClN3O3S/c1-3-22-5-4-10-13(8-22)26-18-14(10)17(24)20-16(21-18)11-6-9(19)7-12(25-2)15(11)23/h6-7,16,21,23H,3-5,8H2,1-2H3,(H,20,24). The van der Waals surface area contributed by atoms with E-state index in [-0.39, 0.29) is 17.4 Å². The third kappa shape index (κ3) is 2.80. The molecule has 2 aliphatic rings. The molecule has 3 heterocycles. The minimum atomic E-state index is -0.565. The highest BCUT2D eigenvalue weighted by molar-refractivity contribution is 7.16. The number of carbonyl (C=O) groups is 1. The average Bonchev–Trinajstić information content (AvgIpc) is 3.00. The van der Waals surface area contributed by atoms with Gasteiger partial charge in [0.1, 0.15) is 11.2 Å². The van der Waals surface area contributed by atoms with E-state index in [9.17, 15) is 9.90 Å². The van der Waals surface area contributed by atoms with Gasteiger partial charge in [0.2, 0.25) is 0 Å². The Morgan fingerprint density at radius 3 is 2.96 bits per heavy atom. The first kappa shape index (κ1) is 17.5. The monoisotopic (exact) mass is 393 g/mol. The molecule has 1 aromatic heterocycles. The first-order valence-electron chi connectivity index (χ1n) is 8.52. The van der Waals surface area contributed by atoms with Crippen LogP contribution in [0.2, 0.25) is 5.02 Å². The van der Waals surface area contributed by atoms with Gasteiger partial charge < -0.3 is 20.5 Å². The minimum absolute atomic E-state index is 0.0309. The van der Waals surface area contributed by atoms with E-state index >= 15 is 0 Å². The second-order valence-electron chi connectivity index (χ2n) is 6.42. The summed E-state index contributed by atoms with van der Waals surface area (Å²) >= 11 is 7.76. The second kappa shape index (κ2) is 6.64. The number of benzene rings is 1. The number of ether oxygens (including phenoxy) is 1. The number of anilines is 1. The highest BCUT2D eigenvalue weighted by atomic mass is 35.5. The Morgan fingerprint density at radius 2 is 2.23 bits per heavy atom. The largest absolute Gasteiger partial charge is 0.504 e. The molecular formula is C18H20ClN3O3S. The maximum atomic E-state index is 12.8. The van der Waals surface area contributed by atoms with Crippen molar-refractivity contribution >= 4 is 33.8 Å². The first-order chi connectivity index (χ1) is 12.5. The molecule has 8 heteroatoms. The van der Waals surface area contributed by atoms with Crippen LogP contribution in [-0.4, -0.2) is 36.1 Å². The molecule has 0 fully saturated rings. The number of phenolic OH excluding ortho intramolecular Hbond substituents is 1. The van der Waals surface area contributed by atoms with E-state index in [1.807, 2.05) is 0 Å². The van der Waals surface area contributed by atoms with Gasteiger partial charge in [0.25, 0.3) is 5.91 Å². The van der Waals surface area contributed by atoms with E-state index in [2.05, 4.69) is 22.5 Å². The zero-order chi connectivity index (χ0) is 18.4. The van der Waals surface area contributed by atoms with Crippen LogP contribution < -0.4 is 15.4 Å². The molecule has 26 heavy (non-hydrogen) atoms. The van der Waals surface area contributed by atoms with Crippen molar-refractivity contribution in [2.24, 2.45) is 0 Å². The maximum Gasteiger partial charge on any atom is 0.256 e. The lowest BCUT2D eigenvalue weighted by Gasteiger charge is -2.28. The summed E-state index contributed by atoms with van der Waals surface area (Å²) in [5.41, 5.74) is 2.37. The van der Waals surface area contributed by atoms with E-state index in [0.717, 1.165) is 42.2 Å². The fourth-order valence-electron chi connectivity index (χ4n) is 3.56. The number of likely N-dealkylation sites (N-methyl/N-ethyl adjacent to an activating group) is 1. The molecule has 6 nitrogen and oxygen atoms in total. The number of halogens is 1. The lowest BCUT2D eigenvalue weighted by atomic mass is 10.00. The molecule has 2 aromatic rings. The van der Waals surface area contributed by atoms with E-state index < -0.39 is 6.17 Å². The van der Waals surface area contributed by atoms with Gasteiger partial charge >= 0.3 is 0 Å². The van der Waals surface area contributed by atoms with Gasteiger partial charge in [0, 0.05) is 34.6 Å². The van der Waals surface area contributed by atoms with Crippen molar-refractivity contribution in [2.45, 2.75) is 26.1 Å². The summed E-state index contributed by atoms with van der Waals surface area (Å²) in [6, 6.07) is 3.17. The van der Waals surface area contributed by atoms with Gasteiger partial charge in [-0.1, -0.05) is 18.5 Å². The number of carbonyl (C=O) groups excluding carboxylic acids is 1. The number of rotatable bonds is 3. The van der Waals surface area contributed by atoms with E-state index in [0.29, 0.717) is 10.6 Å². The second-order valence-corrected chi connectivity index (χ2v) is 7.96. The lowest BCUT2D eigenvalue weighted by Crippen LogP contribution is -2.39. The highest BCUT2D eigenvalue weighted by Gasteiger charge is 2.34. The number of methoxy groups -OCH3 is 1. The van der Waals surface area contributed by atoms with Gasteiger partial charge in [-0.3, -0.25) is 9.69 Å². The predicted octanol–water partition coefficient (Wildman–Crippen LogP) is 3.35. The number of fused-ring (bicyclic) bond motifs is 3. The summed E-state index contributed by atoms with van der Waals surface area (Å²) in [6.07, 6.45) is 0.315. The van der Waals surface area contributed by atoms with Crippen molar-refractivity contribution in [2.75, 3.05) is 25.5 Å². The van der Waals surface area contributed by atoms with Crippen molar-refractivity contribution in [1.29, 1.82) is 0 Å². The van der Waals surface area contributed by atoms with Crippen LogP contribution in [0.15, 0.2) is 12.1 Å². The van der Waals surface area contributed by atoms with Crippen LogP contribution in [-0.2, 0) is 13.0 Å². The fraction of sp³-hybridized carbons (Fsp3) is 0.389. The van der Waals surface area contributed by atoms with Crippen LogP contribution in [0, 0.1) is 0 Å². The van der Waals surface area contributed by atoms with Crippen molar-refractivity contribution < 1.29 is 14.6 Å². The molecule has 0 aliphatic carbocycles. The van der Waals surface area contributed by atoms with E-state index in [1.54, 1.807) is 23.5 Å². The summed E-state index contributed by atoms with van der Waals surface area (Å²) in [4.78, 5) is 16.4. The molecular weight excluding hydrogens is 374 g/mol. The van der Waals surface area contributed by atoms with Gasteiger partial charge in [-0.15, -0.1) is 11.3 Å². The van der Waals surface area contributed by atoms with Crippen molar-refractivity contribution in [3.63, 3.8) is 0 Å². The number of phenols is 1.